The van der Waals surface area contributed by atoms with Gasteiger partial charge >= 0.3 is 0 Å². The number of carbonyl (C=O) groups is 1. The Morgan fingerprint density at radius 3 is 2.28 bits per heavy atom. The zero-order chi connectivity index (χ0) is 26.6. The number of hydrogen-bond donors (Lipinski definition) is 1. The molecule has 0 saturated heterocycles. The van der Waals surface area contributed by atoms with Crippen LogP contribution in [0.4, 0.5) is 5.69 Å². The van der Waals surface area contributed by atoms with Gasteiger partial charge in [0, 0.05) is 28.7 Å². The van der Waals surface area contributed by atoms with Crippen molar-refractivity contribution in [1.29, 1.82) is 0 Å². The van der Waals surface area contributed by atoms with Crippen LogP contribution in [0.15, 0.2) is 47.6 Å². The number of aryl methyl sites for hydroxylation is 3. The summed E-state index contributed by atoms with van der Waals surface area (Å²) in [6.07, 6.45) is 2.57. The summed E-state index contributed by atoms with van der Waals surface area (Å²) < 4.78 is 38.6. The van der Waals surface area contributed by atoms with Crippen LogP contribution in [-0.2, 0) is 14.8 Å². The molecule has 0 unspecified atom stereocenters. The van der Waals surface area contributed by atoms with Crippen molar-refractivity contribution in [1.82, 2.24) is 9.99 Å². The maximum absolute atomic E-state index is 12.7. The molecule has 0 radical (unpaired) electrons. The van der Waals surface area contributed by atoms with Crippen LogP contribution in [0.5, 0.6) is 11.5 Å². The molecule has 0 aliphatic carbocycles. The van der Waals surface area contributed by atoms with Gasteiger partial charge in [0.1, 0.15) is 18.0 Å². The summed E-state index contributed by atoms with van der Waals surface area (Å²) in [6.45, 7) is 7.62. The maximum atomic E-state index is 12.7. The van der Waals surface area contributed by atoms with Crippen LogP contribution in [-0.4, -0.2) is 52.1 Å². The normalized spacial score (nSPS) is 11.5. The van der Waals surface area contributed by atoms with Crippen molar-refractivity contribution in [2.75, 3.05) is 31.3 Å². The van der Waals surface area contributed by atoms with Gasteiger partial charge in [0.05, 0.1) is 32.4 Å². The quantitative estimate of drug-likeness (QED) is 0.348. The zero-order valence-corrected chi connectivity index (χ0v) is 22.4. The fraction of sp³-hybridized carbons (Fsp3) is 0.308. The molecule has 1 amide bonds. The topological polar surface area (TPSA) is 102 Å². The number of hydrazone groups is 1. The Morgan fingerprint density at radius 2 is 1.69 bits per heavy atom. The third-order valence-corrected chi connectivity index (χ3v) is 6.80. The molecule has 0 atom stereocenters. The number of methoxy groups -OCH3 is 2. The van der Waals surface area contributed by atoms with E-state index >= 15 is 0 Å². The fourth-order valence-electron chi connectivity index (χ4n) is 4.11. The number of anilines is 1. The average Bonchev–Trinajstić information content (AvgIpc) is 3.08. The molecule has 3 rings (SSSR count). The predicted octanol–water partition coefficient (Wildman–Crippen LogP) is 3.64. The van der Waals surface area contributed by atoms with E-state index in [0.717, 1.165) is 33.2 Å². The highest BCUT2D eigenvalue weighted by atomic mass is 32.2. The Kier molecular flexibility index (Phi) is 8.09. The van der Waals surface area contributed by atoms with Gasteiger partial charge in [0.2, 0.25) is 10.0 Å². The van der Waals surface area contributed by atoms with E-state index in [1.165, 1.54) is 31.4 Å². The van der Waals surface area contributed by atoms with Crippen molar-refractivity contribution in [3.8, 4) is 17.2 Å². The number of rotatable bonds is 9. The lowest BCUT2D eigenvalue weighted by Gasteiger charge is -2.23. The molecule has 1 aromatic heterocycles. The second-order valence-corrected chi connectivity index (χ2v) is 10.5. The lowest BCUT2D eigenvalue weighted by Crippen LogP contribution is -2.39. The van der Waals surface area contributed by atoms with Crippen molar-refractivity contribution in [3.05, 3.63) is 70.5 Å². The summed E-state index contributed by atoms with van der Waals surface area (Å²) in [7, 11) is -0.924. The number of aromatic nitrogens is 1. The molecule has 0 fully saturated rings. The molecular weight excluding hydrogens is 480 g/mol. The summed E-state index contributed by atoms with van der Waals surface area (Å²) >= 11 is 0. The first-order chi connectivity index (χ1) is 16.9. The van der Waals surface area contributed by atoms with E-state index in [1.54, 1.807) is 18.3 Å². The van der Waals surface area contributed by atoms with Crippen LogP contribution in [0, 0.1) is 27.7 Å². The summed E-state index contributed by atoms with van der Waals surface area (Å²) in [5.41, 5.74) is 8.84. The van der Waals surface area contributed by atoms with Crippen LogP contribution < -0.4 is 19.2 Å². The maximum Gasteiger partial charge on any atom is 0.260 e. The Bertz CT molecular complexity index is 1390. The molecule has 1 heterocycles. The monoisotopic (exact) mass is 512 g/mol. The molecule has 1 N–H and O–H groups in total. The minimum absolute atomic E-state index is 0.190. The van der Waals surface area contributed by atoms with Crippen LogP contribution in [0.2, 0.25) is 0 Å². The Hall–Kier alpha value is -3.79. The lowest BCUT2D eigenvalue weighted by molar-refractivity contribution is -0.119. The van der Waals surface area contributed by atoms with Gasteiger partial charge in [-0.1, -0.05) is 6.07 Å². The van der Waals surface area contributed by atoms with Crippen LogP contribution in [0.1, 0.15) is 28.1 Å². The van der Waals surface area contributed by atoms with Gasteiger partial charge in [0.15, 0.2) is 0 Å². The van der Waals surface area contributed by atoms with Crippen LogP contribution in [0.25, 0.3) is 5.69 Å². The molecule has 0 bridgehead atoms. The van der Waals surface area contributed by atoms with E-state index in [9.17, 15) is 13.2 Å². The van der Waals surface area contributed by atoms with Gasteiger partial charge in [-0.15, -0.1) is 0 Å². The minimum Gasteiger partial charge on any atom is -0.497 e. The number of sulfonamides is 1. The highest BCUT2D eigenvalue weighted by Gasteiger charge is 2.24. The molecule has 0 spiro atoms. The fourth-order valence-corrected chi connectivity index (χ4v) is 4.96. The van der Waals surface area contributed by atoms with E-state index in [1.807, 2.05) is 19.9 Å². The highest BCUT2D eigenvalue weighted by molar-refractivity contribution is 7.92. The molecule has 0 aliphatic rings. The SMILES string of the molecule is COc1ccc(OC)c(N(CC(=O)N/N=C\c2cc(C)n(-c3cc(C)cc(C)c3)c2C)S(C)(=O)=O)c1. The van der Waals surface area contributed by atoms with Gasteiger partial charge in [-0.2, -0.15) is 5.10 Å². The average molecular weight is 513 g/mol. The van der Waals surface area contributed by atoms with E-state index in [4.69, 9.17) is 9.47 Å². The van der Waals surface area contributed by atoms with Crippen LogP contribution >= 0.6 is 0 Å². The molecule has 0 aliphatic heterocycles. The third-order valence-electron chi connectivity index (χ3n) is 5.67. The number of ether oxygens (including phenoxy) is 2. The highest BCUT2D eigenvalue weighted by Crippen LogP contribution is 2.33. The van der Waals surface area contributed by atoms with Crippen molar-refractivity contribution < 1.29 is 22.7 Å². The summed E-state index contributed by atoms with van der Waals surface area (Å²) in [6, 6.07) is 13.0. The van der Waals surface area contributed by atoms with Crippen molar-refractivity contribution >= 4 is 27.8 Å². The molecule has 36 heavy (non-hydrogen) atoms. The smallest absolute Gasteiger partial charge is 0.260 e. The molecule has 10 heteroatoms. The minimum atomic E-state index is -3.81. The summed E-state index contributed by atoms with van der Waals surface area (Å²) in [5, 5.41) is 4.08. The summed E-state index contributed by atoms with van der Waals surface area (Å²) in [5.74, 6) is 0.109. The van der Waals surface area contributed by atoms with Gasteiger partial charge in [0.25, 0.3) is 5.91 Å². The summed E-state index contributed by atoms with van der Waals surface area (Å²) in [4.78, 5) is 12.7. The number of carbonyl (C=O) groups excluding carboxylic acids is 1. The Labute approximate surface area is 212 Å². The van der Waals surface area contributed by atoms with Gasteiger partial charge in [-0.05, 0) is 69.2 Å². The standard InChI is InChI=1S/C26H32N4O5S/c1-17-10-18(2)12-22(11-17)30-19(3)13-21(20(30)4)15-27-28-26(31)16-29(36(7,32)33)24-14-23(34-5)8-9-25(24)35-6/h8-15H,16H2,1-7H3,(H,28,31)/b27-15-. The molecule has 192 valence electrons. The van der Waals surface area contributed by atoms with Crippen molar-refractivity contribution in [2.24, 2.45) is 5.10 Å². The first-order valence-electron chi connectivity index (χ1n) is 11.2. The first kappa shape index (κ1) is 26.8. The van der Waals surface area contributed by atoms with Crippen molar-refractivity contribution in [3.63, 3.8) is 0 Å². The van der Waals surface area contributed by atoms with Gasteiger partial charge < -0.3 is 14.0 Å². The molecule has 0 saturated carbocycles. The largest absolute Gasteiger partial charge is 0.497 e. The molecule has 9 nitrogen and oxygen atoms in total. The second kappa shape index (κ2) is 10.9. The van der Waals surface area contributed by atoms with E-state index < -0.39 is 22.5 Å². The molecule has 2 aromatic carbocycles. The lowest BCUT2D eigenvalue weighted by atomic mass is 10.1. The first-order valence-corrected chi connectivity index (χ1v) is 13.1. The van der Waals surface area contributed by atoms with Gasteiger partial charge in [-0.25, -0.2) is 13.8 Å². The number of nitrogens with one attached hydrogen (secondary N) is 1. The number of benzene rings is 2. The van der Waals surface area contributed by atoms with E-state index in [0.29, 0.717) is 5.75 Å². The van der Waals surface area contributed by atoms with Crippen LogP contribution in [0.3, 0.4) is 0 Å². The zero-order valence-electron chi connectivity index (χ0n) is 21.6. The van der Waals surface area contributed by atoms with Gasteiger partial charge in [-0.3, -0.25) is 9.10 Å². The van der Waals surface area contributed by atoms with E-state index in [-0.39, 0.29) is 11.4 Å². The Morgan fingerprint density at radius 1 is 1.03 bits per heavy atom. The van der Waals surface area contributed by atoms with Crippen molar-refractivity contribution in [2.45, 2.75) is 27.7 Å². The van der Waals surface area contributed by atoms with E-state index in [2.05, 4.69) is 47.1 Å². The Balaban J connectivity index is 1.81. The second-order valence-electron chi connectivity index (χ2n) is 8.61. The molecular formula is C26H32N4O5S. The number of hydrogen-bond acceptors (Lipinski definition) is 6. The number of nitrogens with zero attached hydrogens (tertiary/aromatic N) is 3. The third kappa shape index (κ3) is 6.06. The molecule has 3 aromatic rings. The number of amides is 1. The predicted molar refractivity (Wildman–Crippen MR) is 142 cm³/mol.